The van der Waals surface area contributed by atoms with Gasteiger partial charge in [0.2, 0.25) is 0 Å². The zero-order valence-corrected chi connectivity index (χ0v) is 13.1. The van der Waals surface area contributed by atoms with E-state index in [1.54, 1.807) is 0 Å². The first kappa shape index (κ1) is 14.6. The summed E-state index contributed by atoms with van der Waals surface area (Å²) in [5.74, 6) is 0. The predicted molar refractivity (Wildman–Crippen MR) is 88.5 cm³/mol. The van der Waals surface area contributed by atoms with Gasteiger partial charge >= 0.3 is 0 Å². The van der Waals surface area contributed by atoms with Crippen molar-refractivity contribution in [1.82, 2.24) is 10.2 Å². The maximum absolute atomic E-state index is 6.34. The van der Waals surface area contributed by atoms with E-state index in [0.717, 1.165) is 31.2 Å². The number of rotatable bonds is 3. The van der Waals surface area contributed by atoms with Crippen LogP contribution in [0.15, 0.2) is 54.6 Å². The SMILES string of the molecule is CC1(c2ccccc2)CNCCN1Cc1ccccc1Cl. The monoisotopic (exact) mass is 300 g/mol. The highest BCUT2D eigenvalue weighted by Gasteiger charge is 2.35. The highest BCUT2D eigenvalue weighted by molar-refractivity contribution is 6.31. The van der Waals surface area contributed by atoms with Crippen LogP contribution in [0.1, 0.15) is 18.1 Å². The molecule has 1 unspecified atom stereocenters. The molecule has 110 valence electrons. The van der Waals surface area contributed by atoms with Gasteiger partial charge in [0.15, 0.2) is 0 Å². The molecule has 0 saturated carbocycles. The van der Waals surface area contributed by atoms with E-state index in [4.69, 9.17) is 11.6 Å². The van der Waals surface area contributed by atoms with Crippen LogP contribution in [0.3, 0.4) is 0 Å². The lowest BCUT2D eigenvalue weighted by molar-refractivity contribution is 0.0650. The average Bonchev–Trinajstić information content (AvgIpc) is 2.53. The summed E-state index contributed by atoms with van der Waals surface area (Å²) in [7, 11) is 0. The molecule has 0 radical (unpaired) electrons. The summed E-state index contributed by atoms with van der Waals surface area (Å²) in [5, 5.41) is 4.38. The van der Waals surface area contributed by atoms with Crippen molar-refractivity contribution >= 4 is 11.6 Å². The molecule has 1 aliphatic heterocycles. The minimum Gasteiger partial charge on any atom is -0.313 e. The molecule has 0 aliphatic carbocycles. The second-order valence-electron chi connectivity index (χ2n) is 5.83. The van der Waals surface area contributed by atoms with Gasteiger partial charge in [-0.15, -0.1) is 0 Å². The fourth-order valence-corrected chi connectivity index (χ4v) is 3.27. The molecule has 21 heavy (non-hydrogen) atoms. The lowest BCUT2D eigenvalue weighted by Gasteiger charge is -2.46. The van der Waals surface area contributed by atoms with Crippen molar-refractivity contribution in [2.75, 3.05) is 19.6 Å². The van der Waals surface area contributed by atoms with E-state index in [1.807, 2.05) is 12.1 Å². The minimum absolute atomic E-state index is 0.00131. The molecule has 2 aromatic rings. The topological polar surface area (TPSA) is 15.3 Å². The molecule has 2 nitrogen and oxygen atoms in total. The zero-order chi connectivity index (χ0) is 14.7. The van der Waals surface area contributed by atoms with Crippen LogP contribution in [0.4, 0.5) is 0 Å². The summed E-state index contributed by atoms with van der Waals surface area (Å²) in [4.78, 5) is 2.53. The third-order valence-electron chi connectivity index (χ3n) is 4.44. The molecule has 2 aromatic carbocycles. The Labute approximate surface area is 131 Å². The van der Waals surface area contributed by atoms with E-state index in [0.29, 0.717) is 0 Å². The van der Waals surface area contributed by atoms with Crippen LogP contribution >= 0.6 is 11.6 Å². The Morgan fingerprint density at radius 3 is 2.57 bits per heavy atom. The van der Waals surface area contributed by atoms with Crippen LogP contribution in [0.5, 0.6) is 0 Å². The van der Waals surface area contributed by atoms with Gasteiger partial charge in [-0.25, -0.2) is 0 Å². The van der Waals surface area contributed by atoms with E-state index in [9.17, 15) is 0 Å². The molecule has 0 amide bonds. The summed E-state index contributed by atoms with van der Waals surface area (Å²) in [5.41, 5.74) is 2.55. The Morgan fingerprint density at radius 2 is 1.81 bits per heavy atom. The third kappa shape index (κ3) is 2.98. The molecule has 1 atom stereocenters. The van der Waals surface area contributed by atoms with Gasteiger partial charge in [0.25, 0.3) is 0 Å². The number of halogens is 1. The molecule has 3 rings (SSSR count). The van der Waals surface area contributed by atoms with Gasteiger partial charge in [0.05, 0.1) is 5.54 Å². The van der Waals surface area contributed by atoms with Crippen molar-refractivity contribution in [3.05, 3.63) is 70.7 Å². The number of piperazine rings is 1. The summed E-state index contributed by atoms with van der Waals surface area (Å²) in [6.45, 7) is 6.20. The molecule has 1 heterocycles. The van der Waals surface area contributed by atoms with E-state index < -0.39 is 0 Å². The average molecular weight is 301 g/mol. The van der Waals surface area contributed by atoms with Crippen molar-refractivity contribution in [3.8, 4) is 0 Å². The van der Waals surface area contributed by atoms with Gasteiger partial charge < -0.3 is 5.32 Å². The van der Waals surface area contributed by atoms with E-state index in [2.05, 4.69) is 59.6 Å². The predicted octanol–water partition coefficient (Wildman–Crippen LogP) is 3.66. The normalized spacial score (nSPS) is 23.1. The Morgan fingerprint density at radius 1 is 1.10 bits per heavy atom. The summed E-state index contributed by atoms with van der Waals surface area (Å²) >= 11 is 6.34. The zero-order valence-electron chi connectivity index (χ0n) is 12.3. The summed E-state index contributed by atoms with van der Waals surface area (Å²) in [6, 6.07) is 18.9. The standard InChI is InChI=1S/C18H21ClN2/c1-18(16-8-3-2-4-9-16)14-20-11-12-21(18)13-15-7-5-6-10-17(15)19/h2-10,20H,11-14H2,1H3. The number of hydrogen-bond donors (Lipinski definition) is 1. The van der Waals surface area contributed by atoms with E-state index >= 15 is 0 Å². The van der Waals surface area contributed by atoms with Crippen LogP contribution in [0, 0.1) is 0 Å². The number of nitrogens with zero attached hydrogens (tertiary/aromatic N) is 1. The fourth-order valence-electron chi connectivity index (χ4n) is 3.07. The van der Waals surface area contributed by atoms with Crippen molar-refractivity contribution in [2.45, 2.75) is 19.0 Å². The van der Waals surface area contributed by atoms with Crippen LogP contribution in [0.2, 0.25) is 5.02 Å². The van der Waals surface area contributed by atoms with Crippen molar-refractivity contribution in [1.29, 1.82) is 0 Å². The lowest BCUT2D eigenvalue weighted by atomic mass is 9.88. The Hall–Kier alpha value is -1.35. The van der Waals surface area contributed by atoms with Crippen LogP contribution in [-0.4, -0.2) is 24.5 Å². The molecular formula is C18H21ClN2. The Kier molecular flexibility index (Phi) is 4.29. The molecule has 1 fully saturated rings. The number of nitrogens with one attached hydrogen (secondary N) is 1. The molecule has 3 heteroatoms. The summed E-state index contributed by atoms with van der Waals surface area (Å²) < 4.78 is 0. The van der Waals surface area contributed by atoms with Crippen molar-refractivity contribution < 1.29 is 0 Å². The molecular weight excluding hydrogens is 280 g/mol. The molecule has 1 N–H and O–H groups in total. The minimum atomic E-state index is -0.00131. The van der Waals surface area contributed by atoms with Crippen LogP contribution < -0.4 is 5.32 Å². The van der Waals surface area contributed by atoms with Crippen LogP contribution in [0.25, 0.3) is 0 Å². The van der Waals surface area contributed by atoms with Gasteiger partial charge in [0, 0.05) is 31.2 Å². The van der Waals surface area contributed by atoms with Gasteiger partial charge in [0.1, 0.15) is 0 Å². The summed E-state index contributed by atoms with van der Waals surface area (Å²) in [6.07, 6.45) is 0. The quantitative estimate of drug-likeness (QED) is 0.930. The molecule has 0 aromatic heterocycles. The Bertz CT molecular complexity index is 599. The van der Waals surface area contributed by atoms with Gasteiger partial charge in [-0.1, -0.05) is 60.1 Å². The smallest absolute Gasteiger partial charge is 0.0561 e. The van der Waals surface area contributed by atoms with E-state index in [1.165, 1.54) is 11.1 Å². The molecule has 0 spiro atoms. The van der Waals surface area contributed by atoms with Gasteiger partial charge in [-0.2, -0.15) is 0 Å². The molecule has 1 saturated heterocycles. The Balaban J connectivity index is 1.90. The number of benzene rings is 2. The third-order valence-corrected chi connectivity index (χ3v) is 4.81. The number of hydrogen-bond acceptors (Lipinski definition) is 2. The second kappa shape index (κ2) is 6.18. The highest BCUT2D eigenvalue weighted by atomic mass is 35.5. The largest absolute Gasteiger partial charge is 0.313 e. The fraction of sp³-hybridized carbons (Fsp3) is 0.333. The first-order valence-electron chi connectivity index (χ1n) is 7.45. The van der Waals surface area contributed by atoms with Gasteiger partial charge in [-0.05, 0) is 24.1 Å². The molecule has 0 bridgehead atoms. The van der Waals surface area contributed by atoms with Crippen molar-refractivity contribution in [2.24, 2.45) is 0 Å². The highest BCUT2D eigenvalue weighted by Crippen LogP contribution is 2.31. The maximum Gasteiger partial charge on any atom is 0.0561 e. The second-order valence-corrected chi connectivity index (χ2v) is 6.24. The molecule has 1 aliphatic rings. The van der Waals surface area contributed by atoms with Crippen molar-refractivity contribution in [3.63, 3.8) is 0 Å². The van der Waals surface area contributed by atoms with Gasteiger partial charge in [-0.3, -0.25) is 4.90 Å². The maximum atomic E-state index is 6.34. The first-order chi connectivity index (χ1) is 10.2. The lowest BCUT2D eigenvalue weighted by Crippen LogP contribution is -2.56. The first-order valence-corrected chi connectivity index (χ1v) is 7.83. The van der Waals surface area contributed by atoms with Crippen LogP contribution in [-0.2, 0) is 12.1 Å². The van der Waals surface area contributed by atoms with E-state index in [-0.39, 0.29) is 5.54 Å².